The molecule has 5 nitrogen and oxygen atoms in total. The fourth-order valence-electron chi connectivity index (χ4n) is 1.83. The highest BCUT2D eigenvalue weighted by Gasteiger charge is 2.15. The quantitative estimate of drug-likeness (QED) is 0.784. The van der Waals surface area contributed by atoms with Crippen LogP contribution < -0.4 is 5.32 Å². The van der Waals surface area contributed by atoms with Gasteiger partial charge in [0.1, 0.15) is 0 Å². The third-order valence-electron chi connectivity index (χ3n) is 2.82. The third-order valence-corrected chi connectivity index (χ3v) is 2.82. The molecule has 0 radical (unpaired) electrons. The minimum Gasteiger partial charge on any atom is -0.383 e. The zero-order chi connectivity index (χ0) is 11.2. The Morgan fingerprint density at radius 2 is 2.62 bits per heavy atom. The van der Waals surface area contributed by atoms with Crippen LogP contribution in [0.1, 0.15) is 6.42 Å². The molecule has 16 heavy (non-hydrogen) atoms. The van der Waals surface area contributed by atoms with E-state index in [0.717, 1.165) is 38.7 Å². The van der Waals surface area contributed by atoms with Gasteiger partial charge < -0.3 is 19.4 Å². The summed E-state index contributed by atoms with van der Waals surface area (Å²) in [5.41, 5.74) is 0. The maximum absolute atomic E-state index is 5.33. The summed E-state index contributed by atoms with van der Waals surface area (Å²) >= 11 is 0. The number of imidazole rings is 1. The minimum atomic E-state index is 0.618. The van der Waals surface area contributed by atoms with Crippen LogP contribution in [0.3, 0.4) is 0 Å². The number of nitrogens with one attached hydrogen (secondary N) is 1. The molecule has 0 amide bonds. The number of anilines is 1. The maximum Gasteiger partial charge on any atom is 0.202 e. The van der Waals surface area contributed by atoms with Gasteiger partial charge in [-0.3, -0.25) is 0 Å². The van der Waals surface area contributed by atoms with Crippen molar-refractivity contribution in [1.29, 1.82) is 0 Å². The summed E-state index contributed by atoms with van der Waals surface area (Å²) in [4.78, 5) is 4.29. The van der Waals surface area contributed by atoms with E-state index in [0.29, 0.717) is 12.5 Å². The molecule has 1 aliphatic rings. The van der Waals surface area contributed by atoms with Crippen molar-refractivity contribution in [2.75, 3.05) is 38.8 Å². The highest BCUT2D eigenvalue weighted by molar-refractivity contribution is 5.25. The lowest BCUT2D eigenvalue weighted by Crippen LogP contribution is -2.17. The Balaban J connectivity index is 1.80. The summed E-state index contributed by atoms with van der Waals surface area (Å²) in [5.74, 6) is 1.54. The van der Waals surface area contributed by atoms with Crippen molar-refractivity contribution in [1.82, 2.24) is 9.55 Å². The number of aromatic nitrogens is 2. The molecule has 2 heterocycles. The third kappa shape index (κ3) is 2.96. The van der Waals surface area contributed by atoms with Gasteiger partial charge in [-0.15, -0.1) is 0 Å². The molecular formula is C11H19N3O2. The molecule has 1 fully saturated rings. The van der Waals surface area contributed by atoms with E-state index in [1.807, 2.05) is 12.4 Å². The van der Waals surface area contributed by atoms with Gasteiger partial charge in [-0.25, -0.2) is 4.98 Å². The molecule has 1 saturated heterocycles. The fourth-order valence-corrected chi connectivity index (χ4v) is 1.83. The van der Waals surface area contributed by atoms with Crippen molar-refractivity contribution >= 4 is 5.95 Å². The van der Waals surface area contributed by atoms with Gasteiger partial charge in [0.05, 0.1) is 13.2 Å². The molecule has 0 saturated carbocycles. The normalized spacial score (nSPS) is 20.2. The number of rotatable bonds is 6. The van der Waals surface area contributed by atoms with Crippen LogP contribution in [0.25, 0.3) is 0 Å². The lowest BCUT2D eigenvalue weighted by atomic mass is 10.1. The number of ether oxygens (including phenoxy) is 2. The lowest BCUT2D eigenvalue weighted by molar-refractivity contribution is 0.186. The Hall–Kier alpha value is -1.07. The molecule has 0 spiro atoms. The van der Waals surface area contributed by atoms with Crippen LogP contribution in [-0.4, -0.2) is 43.0 Å². The van der Waals surface area contributed by atoms with Gasteiger partial charge in [0.15, 0.2) is 0 Å². The number of methoxy groups -OCH3 is 1. The van der Waals surface area contributed by atoms with Crippen molar-refractivity contribution in [3.05, 3.63) is 12.4 Å². The van der Waals surface area contributed by atoms with Gasteiger partial charge in [0, 0.05) is 45.1 Å². The Morgan fingerprint density at radius 1 is 1.69 bits per heavy atom. The van der Waals surface area contributed by atoms with Crippen LogP contribution in [0.5, 0.6) is 0 Å². The van der Waals surface area contributed by atoms with Gasteiger partial charge >= 0.3 is 0 Å². The molecule has 1 unspecified atom stereocenters. The monoisotopic (exact) mass is 225 g/mol. The minimum absolute atomic E-state index is 0.618. The van der Waals surface area contributed by atoms with E-state index in [4.69, 9.17) is 9.47 Å². The molecule has 90 valence electrons. The van der Waals surface area contributed by atoms with E-state index < -0.39 is 0 Å². The second kappa shape index (κ2) is 5.86. The Bertz CT molecular complexity index is 308. The number of hydrogen-bond donors (Lipinski definition) is 1. The van der Waals surface area contributed by atoms with Crippen molar-refractivity contribution in [2.24, 2.45) is 5.92 Å². The summed E-state index contributed by atoms with van der Waals surface area (Å²) in [6.45, 7) is 4.23. The van der Waals surface area contributed by atoms with Gasteiger partial charge in [-0.05, 0) is 6.42 Å². The molecule has 0 bridgehead atoms. The zero-order valence-electron chi connectivity index (χ0n) is 9.69. The molecule has 1 atom stereocenters. The van der Waals surface area contributed by atoms with E-state index in [9.17, 15) is 0 Å². The molecule has 1 N–H and O–H groups in total. The standard InChI is InChI=1S/C11H19N3O2/c1-15-7-5-14-4-3-12-11(14)13-8-10-2-6-16-9-10/h3-4,10H,2,5-9H2,1H3,(H,12,13). The highest BCUT2D eigenvalue weighted by atomic mass is 16.5. The van der Waals surface area contributed by atoms with Gasteiger partial charge in [0.25, 0.3) is 0 Å². The largest absolute Gasteiger partial charge is 0.383 e. The summed E-state index contributed by atoms with van der Waals surface area (Å²) in [6, 6.07) is 0. The van der Waals surface area contributed by atoms with E-state index >= 15 is 0 Å². The Kier molecular flexibility index (Phi) is 4.18. The topological polar surface area (TPSA) is 48.3 Å². The van der Waals surface area contributed by atoms with Crippen molar-refractivity contribution in [3.8, 4) is 0 Å². The SMILES string of the molecule is COCCn1ccnc1NCC1CCOC1. The van der Waals surface area contributed by atoms with Crippen molar-refractivity contribution in [3.63, 3.8) is 0 Å². The fraction of sp³-hybridized carbons (Fsp3) is 0.727. The van der Waals surface area contributed by atoms with E-state index in [-0.39, 0.29) is 0 Å². The highest BCUT2D eigenvalue weighted by Crippen LogP contribution is 2.13. The first-order valence-corrected chi connectivity index (χ1v) is 5.72. The maximum atomic E-state index is 5.33. The summed E-state index contributed by atoms with van der Waals surface area (Å²) in [7, 11) is 1.71. The first-order chi connectivity index (χ1) is 7.90. The average molecular weight is 225 g/mol. The van der Waals surface area contributed by atoms with Crippen LogP contribution in [0, 0.1) is 5.92 Å². The summed E-state index contributed by atoms with van der Waals surface area (Å²) < 4.78 is 12.5. The van der Waals surface area contributed by atoms with E-state index in [1.165, 1.54) is 0 Å². The average Bonchev–Trinajstić information content (AvgIpc) is 2.94. The van der Waals surface area contributed by atoms with Gasteiger partial charge in [-0.1, -0.05) is 0 Å². The molecule has 1 aromatic heterocycles. The molecule has 0 aromatic carbocycles. The first kappa shape index (κ1) is 11.4. The van der Waals surface area contributed by atoms with Crippen LogP contribution in [-0.2, 0) is 16.0 Å². The zero-order valence-corrected chi connectivity index (χ0v) is 9.69. The summed E-state index contributed by atoms with van der Waals surface area (Å²) in [5, 5.41) is 3.36. The van der Waals surface area contributed by atoms with Crippen LogP contribution in [0.4, 0.5) is 5.95 Å². The second-order valence-electron chi connectivity index (χ2n) is 4.05. The van der Waals surface area contributed by atoms with Gasteiger partial charge in [-0.2, -0.15) is 0 Å². The number of nitrogens with zero attached hydrogens (tertiary/aromatic N) is 2. The Morgan fingerprint density at radius 3 is 3.38 bits per heavy atom. The predicted octanol–water partition coefficient (Wildman–Crippen LogP) is 0.978. The van der Waals surface area contributed by atoms with Gasteiger partial charge in [0.2, 0.25) is 5.95 Å². The molecule has 2 rings (SSSR count). The number of hydrogen-bond acceptors (Lipinski definition) is 4. The van der Waals surface area contributed by atoms with Crippen LogP contribution in [0.15, 0.2) is 12.4 Å². The lowest BCUT2D eigenvalue weighted by Gasteiger charge is -2.12. The summed E-state index contributed by atoms with van der Waals surface area (Å²) in [6.07, 6.45) is 4.92. The molecular weight excluding hydrogens is 206 g/mol. The van der Waals surface area contributed by atoms with E-state index in [2.05, 4.69) is 14.9 Å². The smallest absolute Gasteiger partial charge is 0.202 e. The molecule has 1 aromatic rings. The second-order valence-corrected chi connectivity index (χ2v) is 4.05. The van der Waals surface area contributed by atoms with Crippen LogP contribution >= 0.6 is 0 Å². The Labute approximate surface area is 95.8 Å². The van der Waals surface area contributed by atoms with E-state index in [1.54, 1.807) is 7.11 Å². The predicted molar refractivity (Wildman–Crippen MR) is 61.5 cm³/mol. The molecule has 0 aliphatic carbocycles. The van der Waals surface area contributed by atoms with Crippen molar-refractivity contribution < 1.29 is 9.47 Å². The van der Waals surface area contributed by atoms with Crippen LogP contribution in [0.2, 0.25) is 0 Å². The first-order valence-electron chi connectivity index (χ1n) is 5.72. The molecule has 5 heteroatoms. The van der Waals surface area contributed by atoms with Crippen molar-refractivity contribution in [2.45, 2.75) is 13.0 Å². The molecule has 1 aliphatic heterocycles.